The molecule has 0 aromatic heterocycles. The maximum absolute atomic E-state index is 11.2. The number of methoxy groups -OCH3 is 1. The Balaban J connectivity index is 2.38. The Kier molecular flexibility index (Phi) is 7.23. The Hall–Kier alpha value is -0.650. The zero-order valence-electron chi connectivity index (χ0n) is 11.5. The minimum absolute atomic E-state index is 0.145. The van der Waals surface area contributed by atoms with Gasteiger partial charge in [-0.1, -0.05) is 13.3 Å². The molecule has 106 valence electrons. The molecular weight excluding hydrogens is 232 g/mol. The van der Waals surface area contributed by atoms with Gasteiger partial charge in [0.15, 0.2) is 0 Å². The van der Waals surface area contributed by atoms with Crippen molar-refractivity contribution in [2.45, 2.75) is 32.2 Å². The number of hydrogen-bond donors (Lipinski definition) is 2. The predicted molar refractivity (Wildman–Crippen MR) is 70.3 cm³/mol. The van der Waals surface area contributed by atoms with Crippen molar-refractivity contribution >= 4 is 5.97 Å². The van der Waals surface area contributed by atoms with Crippen LogP contribution in [0.2, 0.25) is 0 Å². The molecule has 0 aromatic rings. The van der Waals surface area contributed by atoms with Crippen LogP contribution in [0.3, 0.4) is 0 Å². The fraction of sp³-hybridized carbons (Fsp3) is 0.923. The van der Waals surface area contributed by atoms with Crippen molar-refractivity contribution in [2.24, 2.45) is 5.92 Å². The number of carbonyl (C=O) groups is 1. The molecule has 1 fully saturated rings. The third-order valence-electron chi connectivity index (χ3n) is 3.59. The van der Waals surface area contributed by atoms with Crippen LogP contribution in [-0.2, 0) is 9.53 Å². The van der Waals surface area contributed by atoms with Gasteiger partial charge in [0.05, 0.1) is 20.1 Å². The molecule has 18 heavy (non-hydrogen) atoms. The van der Waals surface area contributed by atoms with Crippen molar-refractivity contribution in [3.05, 3.63) is 0 Å². The molecule has 0 radical (unpaired) electrons. The Bertz CT molecular complexity index is 248. The smallest absolute Gasteiger partial charge is 0.306 e. The summed E-state index contributed by atoms with van der Waals surface area (Å²) >= 11 is 0. The van der Waals surface area contributed by atoms with Crippen LogP contribution >= 0.6 is 0 Å². The van der Waals surface area contributed by atoms with Gasteiger partial charge in [-0.15, -0.1) is 0 Å². The number of aliphatic hydroxyl groups excluding tert-OH is 1. The van der Waals surface area contributed by atoms with Crippen molar-refractivity contribution in [2.75, 3.05) is 39.9 Å². The maximum Gasteiger partial charge on any atom is 0.306 e. The number of likely N-dealkylation sites (tertiary alicyclic amines) is 1. The Morgan fingerprint density at radius 1 is 1.50 bits per heavy atom. The first-order chi connectivity index (χ1) is 8.69. The van der Waals surface area contributed by atoms with Gasteiger partial charge in [0, 0.05) is 32.2 Å². The SMILES string of the molecule is CCC1CC(NCCO)CN(CCC(=O)OC)C1. The molecular formula is C13H26N2O3. The third-order valence-corrected chi connectivity index (χ3v) is 3.59. The van der Waals surface area contributed by atoms with Gasteiger partial charge in [-0.05, 0) is 12.3 Å². The molecule has 5 heteroatoms. The summed E-state index contributed by atoms with van der Waals surface area (Å²) in [6.07, 6.45) is 2.77. The average Bonchev–Trinajstić information content (AvgIpc) is 2.42. The van der Waals surface area contributed by atoms with E-state index in [1.165, 1.54) is 7.11 Å². The van der Waals surface area contributed by atoms with Gasteiger partial charge in [0.1, 0.15) is 0 Å². The quantitative estimate of drug-likeness (QED) is 0.640. The van der Waals surface area contributed by atoms with Crippen molar-refractivity contribution in [3.63, 3.8) is 0 Å². The second-order valence-electron chi connectivity index (χ2n) is 4.97. The monoisotopic (exact) mass is 258 g/mol. The highest BCUT2D eigenvalue weighted by Gasteiger charge is 2.25. The molecule has 1 aliphatic rings. The summed E-state index contributed by atoms with van der Waals surface area (Å²) in [6.45, 7) is 5.80. The number of carbonyl (C=O) groups excluding carboxylic acids is 1. The molecule has 5 nitrogen and oxygen atoms in total. The summed E-state index contributed by atoms with van der Waals surface area (Å²) < 4.78 is 4.67. The van der Waals surface area contributed by atoms with Crippen molar-refractivity contribution in [3.8, 4) is 0 Å². The highest BCUT2D eigenvalue weighted by Crippen LogP contribution is 2.19. The van der Waals surface area contributed by atoms with Crippen molar-refractivity contribution in [1.29, 1.82) is 0 Å². The van der Waals surface area contributed by atoms with Crippen molar-refractivity contribution in [1.82, 2.24) is 10.2 Å². The highest BCUT2D eigenvalue weighted by atomic mass is 16.5. The number of piperidine rings is 1. The molecule has 1 aliphatic heterocycles. The molecule has 2 unspecified atom stereocenters. The lowest BCUT2D eigenvalue weighted by Gasteiger charge is -2.37. The number of nitrogens with zero attached hydrogens (tertiary/aromatic N) is 1. The molecule has 2 atom stereocenters. The Morgan fingerprint density at radius 2 is 2.28 bits per heavy atom. The molecule has 1 saturated heterocycles. The lowest BCUT2D eigenvalue weighted by atomic mass is 9.92. The molecule has 0 aliphatic carbocycles. The molecule has 1 heterocycles. The first-order valence-corrected chi connectivity index (χ1v) is 6.83. The van der Waals surface area contributed by atoms with E-state index < -0.39 is 0 Å². The minimum Gasteiger partial charge on any atom is -0.469 e. The van der Waals surface area contributed by atoms with Crippen LogP contribution in [-0.4, -0.2) is 61.9 Å². The van der Waals surface area contributed by atoms with Crippen LogP contribution < -0.4 is 5.32 Å². The fourth-order valence-corrected chi connectivity index (χ4v) is 2.55. The first kappa shape index (κ1) is 15.4. The normalized spacial score (nSPS) is 25.1. The summed E-state index contributed by atoms with van der Waals surface area (Å²) in [7, 11) is 1.43. The summed E-state index contributed by atoms with van der Waals surface area (Å²) in [5.74, 6) is 0.529. The van der Waals surface area contributed by atoms with E-state index in [2.05, 4.69) is 21.9 Å². The molecule has 0 spiro atoms. The minimum atomic E-state index is -0.145. The van der Waals surface area contributed by atoms with Gasteiger partial charge in [-0.3, -0.25) is 4.79 Å². The second kappa shape index (κ2) is 8.45. The van der Waals surface area contributed by atoms with Crippen LogP contribution in [0.25, 0.3) is 0 Å². The molecule has 0 amide bonds. The lowest BCUT2D eigenvalue weighted by Crippen LogP contribution is -2.50. The lowest BCUT2D eigenvalue weighted by molar-refractivity contribution is -0.141. The van der Waals surface area contributed by atoms with E-state index >= 15 is 0 Å². The topological polar surface area (TPSA) is 61.8 Å². The maximum atomic E-state index is 11.2. The van der Waals surface area contributed by atoms with Crippen LogP contribution in [0.1, 0.15) is 26.2 Å². The summed E-state index contributed by atoms with van der Waals surface area (Å²) in [6, 6.07) is 0.425. The zero-order valence-corrected chi connectivity index (χ0v) is 11.5. The fourth-order valence-electron chi connectivity index (χ4n) is 2.55. The number of ether oxygens (including phenoxy) is 1. The van der Waals surface area contributed by atoms with E-state index in [9.17, 15) is 4.79 Å². The Morgan fingerprint density at radius 3 is 2.89 bits per heavy atom. The first-order valence-electron chi connectivity index (χ1n) is 6.83. The molecule has 1 rings (SSSR count). The molecule has 0 saturated carbocycles. The second-order valence-corrected chi connectivity index (χ2v) is 4.97. The zero-order chi connectivity index (χ0) is 13.4. The number of nitrogens with one attached hydrogen (secondary N) is 1. The highest BCUT2D eigenvalue weighted by molar-refractivity contribution is 5.69. The van der Waals surface area contributed by atoms with Gasteiger partial charge in [-0.25, -0.2) is 0 Å². The van der Waals surface area contributed by atoms with E-state index in [1.807, 2.05) is 0 Å². The number of esters is 1. The van der Waals surface area contributed by atoms with Gasteiger partial charge in [-0.2, -0.15) is 0 Å². The molecule has 0 aromatic carbocycles. The van der Waals surface area contributed by atoms with Crippen LogP contribution in [0.5, 0.6) is 0 Å². The van der Waals surface area contributed by atoms with E-state index in [0.717, 1.165) is 32.5 Å². The number of hydrogen-bond acceptors (Lipinski definition) is 5. The van der Waals surface area contributed by atoms with Gasteiger partial charge >= 0.3 is 5.97 Å². The van der Waals surface area contributed by atoms with Crippen LogP contribution in [0.15, 0.2) is 0 Å². The number of rotatable bonds is 7. The number of aliphatic hydroxyl groups is 1. The Labute approximate surface area is 109 Å². The van der Waals surface area contributed by atoms with Gasteiger partial charge in [0.2, 0.25) is 0 Å². The van der Waals surface area contributed by atoms with Gasteiger partial charge < -0.3 is 20.1 Å². The summed E-state index contributed by atoms with van der Waals surface area (Å²) in [4.78, 5) is 13.5. The average molecular weight is 258 g/mol. The van der Waals surface area contributed by atoms with Crippen LogP contribution in [0, 0.1) is 5.92 Å². The van der Waals surface area contributed by atoms with Crippen LogP contribution in [0.4, 0.5) is 0 Å². The van der Waals surface area contributed by atoms with E-state index in [4.69, 9.17) is 5.11 Å². The molecule has 2 N–H and O–H groups in total. The van der Waals surface area contributed by atoms with E-state index in [0.29, 0.717) is 24.9 Å². The summed E-state index contributed by atoms with van der Waals surface area (Å²) in [5, 5.41) is 12.2. The largest absolute Gasteiger partial charge is 0.469 e. The van der Waals surface area contributed by atoms with E-state index in [1.54, 1.807) is 0 Å². The van der Waals surface area contributed by atoms with Gasteiger partial charge in [0.25, 0.3) is 0 Å². The third kappa shape index (κ3) is 5.33. The summed E-state index contributed by atoms with van der Waals surface area (Å²) in [5.41, 5.74) is 0. The van der Waals surface area contributed by atoms with Crippen molar-refractivity contribution < 1.29 is 14.6 Å². The predicted octanol–water partition coefficient (Wildman–Crippen LogP) is 0.232. The molecule has 0 bridgehead atoms. The van der Waals surface area contributed by atoms with E-state index in [-0.39, 0.29) is 12.6 Å². The standard InChI is InChI=1S/C13H26N2O3/c1-3-11-8-12(14-5-7-16)10-15(9-11)6-4-13(17)18-2/h11-12,14,16H,3-10H2,1-2H3.